The van der Waals surface area contributed by atoms with E-state index in [1.807, 2.05) is 12.1 Å². The summed E-state index contributed by atoms with van der Waals surface area (Å²) in [4.78, 5) is 24.5. The Morgan fingerprint density at radius 1 is 1.27 bits per heavy atom. The average Bonchev–Trinajstić information content (AvgIpc) is 3.34. The molecule has 1 amide bonds. The Labute approximate surface area is 155 Å². The van der Waals surface area contributed by atoms with Crippen molar-refractivity contribution in [3.8, 4) is 0 Å². The van der Waals surface area contributed by atoms with E-state index < -0.39 is 0 Å². The zero-order valence-electron chi connectivity index (χ0n) is 16.1. The number of fused-ring (bicyclic) bond motifs is 1. The van der Waals surface area contributed by atoms with Gasteiger partial charge in [0.05, 0.1) is 11.7 Å². The highest BCUT2D eigenvalue weighted by molar-refractivity contribution is 5.92. The van der Waals surface area contributed by atoms with Gasteiger partial charge in [0.15, 0.2) is 0 Å². The molecule has 0 radical (unpaired) electrons. The van der Waals surface area contributed by atoms with E-state index in [1.165, 1.54) is 36.5 Å². The van der Waals surface area contributed by atoms with Crippen LogP contribution in [0.25, 0.3) is 0 Å². The van der Waals surface area contributed by atoms with Crippen LogP contribution >= 0.6 is 0 Å². The summed E-state index contributed by atoms with van der Waals surface area (Å²) in [5, 5.41) is 0. The third-order valence-electron chi connectivity index (χ3n) is 5.83. The zero-order chi connectivity index (χ0) is 18.3. The summed E-state index contributed by atoms with van der Waals surface area (Å²) < 4.78 is 2.35. The quantitative estimate of drug-likeness (QED) is 0.917. The Morgan fingerprint density at radius 2 is 2.08 bits per heavy atom. The molecule has 1 saturated heterocycles. The second-order valence-corrected chi connectivity index (χ2v) is 7.85. The van der Waals surface area contributed by atoms with E-state index in [2.05, 4.69) is 21.5 Å². The fraction of sp³-hybridized carbons (Fsp3) is 0.600. The van der Waals surface area contributed by atoms with Gasteiger partial charge in [0.25, 0.3) is 5.91 Å². The number of aromatic nitrogens is 3. The van der Waals surface area contributed by atoms with Crippen LogP contribution in [-0.2, 0) is 26.4 Å². The van der Waals surface area contributed by atoms with E-state index in [0.29, 0.717) is 11.7 Å². The highest BCUT2D eigenvalue weighted by Crippen LogP contribution is 2.34. The van der Waals surface area contributed by atoms with Gasteiger partial charge >= 0.3 is 0 Å². The SMILES string of the molecule is CN(C)C(=O)c1ccc(CN2CCC[C@H]2c2nc3c(n2C)CCCC3)[nH]1. The number of aromatic amines is 1. The zero-order valence-corrected chi connectivity index (χ0v) is 16.1. The Bertz CT molecular complexity index is 803. The molecule has 1 fully saturated rings. The number of imidazole rings is 1. The summed E-state index contributed by atoms with van der Waals surface area (Å²) in [6, 6.07) is 4.31. The number of likely N-dealkylation sites (tertiary alicyclic amines) is 1. The molecule has 2 aliphatic rings. The van der Waals surface area contributed by atoms with Gasteiger partial charge in [0.2, 0.25) is 0 Å². The summed E-state index contributed by atoms with van der Waals surface area (Å²) in [5.74, 6) is 1.25. The highest BCUT2D eigenvalue weighted by atomic mass is 16.2. The van der Waals surface area contributed by atoms with Crippen molar-refractivity contribution in [2.24, 2.45) is 7.05 Å². The van der Waals surface area contributed by atoms with Gasteiger partial charge in [-0.2, -0.15) is 0 Å². The molecule has 0 spiro atoms. The molecule has 2 aromatic heterocycles. The van der Waals surface area contributed by atoms with Gasteiger partial charge in [-0.3, -0.25) is 9.69 Å². The van der Waals surface area contributed by atoms with Crippen LogP contribution in [0.2, 0.25) is 0 Å². The van der Waals surface area contributed by atoms with E-state index in [-0.39, 0.29) is 5.91 Å². The van der Waals surface area contributed by atoms with Gasteiger partial charge in [-0.25, -0.2) is 4.98 Å². The molecule has 1 atom stereocenters. The average molecular weight is 355 g/mol. The molecule has 0 aromatic carbocycles. The Morgan fingerprint density at radius 3 is 2.85 bits per heavy atom. The third-order valence-corrected chi connectivity index (χ3v) is 5.83. The maximum atomic E-state index is 12.1. The maximum absolute atomic E-state index is 12.1. The van der Waals surface area contributed by atoms with Crippen molar-refractivity contribution in [2.75, 3.05) is 20.6 Å². The monoisotopic (exact) mass is 355 g/mol. The maximum Gasteiger partial charge on any atom is 0.269 e. The van der Waals surface area contributed by atoms with E-state index in [4.69, 9.17) is 4.98 Å². The van der Waals surface area contributed by atoms with Crippen LogP contribution in [0.3, 0.4) is 0 Å². The molecule has 6 nitrogen and oxygen atoms in total. The molecule has 6 heteroatoms. The predicted octanol–water partition coefficient (Wildman–Crippen LogP) is 2.67. The summed E-state index contributed by atoms with van der Waals surface area (Å²) in [5.41, 5.74) is 4.52. The number of hydrogen-bond donors (Lipinski definition) is 1. The van der Waals surface area contributed by atoms with Crippen LogP contribution < -0.4 is 0 Å². The Kier molecular flexibility index (Phi) is 4.61. The highest BCUT2D eigenvalue weighted by Gasteiger charge is 2.31. The van der Waals surface area contributed by atoms with E-state index in [9.17, 15) is 4.79 Å². The lowest BCUT2D eigenvalue weighted by Gasteiger charge is -2.24. The van der Waals surface area contributed by atoms with E-state index in [1.54, 1.807) is 19.0 Å². The first kappa shape index (κ1) is 17.3. The number of hydrogen-bond acceptors (Lipinski definition) is 3. The van der Waals surface area contributed by atoms with Crippen LogP contribution in [0.4, 0.5) is 0 Å². The van der Waals surface area contributed by atoms with Crippen LogP contribution in [0.1, 0.15) is 65.1 Å². The lowest BCUT2D eigenvalue weighted by molar-refractivity contribution is 0.0822. The van der Waals surface area contributed by atoms with Gasteiger partial charge in [0, 0.05) is 39.1 Å². The molecule has 140 valence electrons. The molecule has 1 aliphatic carbocycles. The van der Waals surface area contributed by atoms with Gasteiger partial charge < -0.3 is 14.5 Å². The normalized spacial score (nSPS) is 20.3. The van der Waals surface area contributed by atoms with Crippen molar-refractivity contribution in [3.05, 3.63) is 40.7 Å². The van der Waals surface area contributed by atoms with Crippen molar-refractivity contribution in [3.63, 3.8) is 0 Å². The molecule has 4 rings (SSSR count). The summed E-state index contributed by atoms with van der Waals surface area (Å²) in [6.45, 7) is 1.92. The molecular weight excluding hydrogens is 326 g/mol. The Balaban J connectivity index is 1.53. The third kappa shape index (κ3) is 3.07. The lowest BCUT2D eigenvalue weighted by Crippen LogP contribution is -2.25. The summed E-state index contributed by atoms with van der Waals surface area (Å²) >= 11 is 0. The van der Waals surface area contributed by atoms with Gasteiger partial charge in [-0.15, -0.1) is 0 Å². The van der Waals surface area contributed by atoms with Crippen molar-refractivity contribution < 1.29 is 4.79 Å². The number of amides is 1. The largest absolute Gasteiger partial charge is 0.353 e. The van der Waals surface area contributed by atoms with Crippen LogP contribution in [-0.4, -0.2) is 50.9 Å². The first-order chi connectivity index (χ1) is 12.5. The van der Waals surface area contributed by atoms with Crippen LogP contribution in [0.5, 0.6) is 0 Å². The van der Waals surface area contributed by atoms with Crippen molar-refractivity contribution in [2.45, 2.75) is 51.1 Å². The van der Waals surface area contributed by atoms with Crippen LogP contribution in [0.15, 0.2) is 12.1 Å². The molecule has 0 saturated carbocycles. The van der Waals surface area contributed by atoms with Crippen molar-refractivity contribution in [1.29, 1.82) is 0 Å². The predicted molar refractivity (Wildman–Crippen MR) is 101 cm³/mol. The molecular formula is C20H29N5O. The fourth-order valence-corrected chi connectivity index (χ4v) is 4.43. The molecule has 3 heterocycles. The number of carbonyl (C=O) groups is 1. The fourth-order valence-electron chi connectivity index (χ4n) is 4.43. The number of aryl methyl sites for hydroxylation is 1. The molecule has 0 unspecified atom stereocenters. The van der Waals surface area contributed by atoms with Crippen molar-refractivity contribution in [1.82, 2.24) is 24.3 Å². The van der Waals surface area contributed by atoms with Gasteiger partial charge in [-0.1, -0.05) is 0 Å². The van der Waals surface area contributed by atoms with Crippen molar-refractivity contribution >= 4 is 5.91 Å². The standard InChI is InChI=1S/C20H29N5O/c1-23(2)20(26)16-11-10-14(21-16)13-25-12-6-9-18(25)19-22-15-7-4-5-8-17(15)24(19)3/h10-11,18,21H,4-9,12-13H2,1-3H3/t18-/m0/s1. The molecule has 0 bridgehead atoms. The van der Waals surface area contributed by atoms with E-state index >= 15 is 0 Å². The number of carbonyl (C=O) groups excluding carboxylic acids is 1. The number of H-pyrrole nitrogens is 1. The van der Waals surface area contributed by atoms with Crippen LogP contribution in [0, 0.1) is 0 Å². The first-order valence-corrected chi connectivity index (χ1v) is 9.72. The topological polar surface area (TPSA) is 57.2 Å². The minimum atomic E-state index is 0.0194. The molecule has 2 aromatic rings. The lowest BCUT2D eigenvalue weighted by atomic mass is 10.0. The smallest absolute Gasteiger partial charge is 0.269 e. The van der Waals surface area contributed by atoms with Gasteiger partial charge in [0.1, 0.15) is 11.5 Å². The second kappa shape index (κ2) is 6.91. The minimum Gasteiger partial charge on any atom is -0.353 e. The molecule has 26 heavy (non-hydrogen) atoms. The van der Waals surface area contributed by atoms with Gasteiger partial charge in [-0.05, 0) is 57.2 Å². The first-order valence-electron chi connectivity index (χ1n) is 9.72. The Hall–Kier alpha value is -2.08. The summed E-state index contributed by atoms with van der Waals surface area (Å²) in [7, 11) is 5.75. The number of nitrogens with zero attached hydrogens (tertiary/aromatic N) is 4. The minimum absolute atomic E-state index is 0.0194. The molecule has 1 aliphatic heterocycles. The van der Waals surface area contributed by atoms with E-state index in [0.717, 1.165) is 38.0 Å². The summed E-state index contributed by atoms with van der Waals surface area (Å²) in [6.07, 6.45) is 7.20. The molecule has 1 N–H and O–H groups in total. The number of rotatable bonds is 4. The number of nitrogens with one attached hydrogen (secondary N) is 1. The second-order valence-electron chi connectivity index (χ2n) is 7.85.